The largest absolute Gasteiger partial charge is 0.389 e. The molecular weight excluding hydrogens is 140 g/mol. The summed E-state index contributed by atoms with van der Waals surface area (Å²) in [5.41, 5.74) is 0.527. The highest BCUT2D eigenvalue weighted by Crippen LogP contribution is 2.26. The zero-order valence-electron chi connectivity index (χ0n) is 7.10. The molecule has 1 N–H and O–H groups in total. The van der Waals surface area contributed by atoms with E-state index in [4.69, 9.17) is 4.74 Å². The second-order valence-corrected chi connectivity index (χ2v) is 3.47. The minimum absolute atomic E-state index is 0.524. The van der Waals surface area contributed by atoms with Crippen molar-refractivity contribution < 1.29 is 9.84 Å². The van der Waals surface area contributed by atoms with Gasteiger partial charge in [0.25, 0.3) is 0 Å². The van der Waals surface area contributed by atoms with E-state index < -0.39 is 5.60 Å². The van der Waals surface area contributed by atoms with E-state index in [9.17, 15) is 5.11 Å². The van der Waals surface area contributed by atoms with E-state index in [2.05, 4.69) is 6.58 Å². The standard InChI is InChI=1S/C9H16O2/c1-8(2)7-9(10)3-5-11-6-4-9/h10H,1,3-7H2,2H3. The molecule has 1 aliphatic rings. The van der Waals surface area contributed by atoms with E-state index in [1.807, 2.05) is 6.92 Å². The van der Waals surface area contributed by atoms with E-state index in [-0.39, 0.29) is 0 Å². The van der Waals surface area contributed by atoms with Crippen molar-refractivity contribution >= 4 is 0 Å². The summed E-state index contributed by atoms with van der Waals surface area (Å²) in [5, 5.41) is 9.90. The van der Waals surface area contributed by atoms with Gasteiger partial charge in [-0.3, -0.25) is 0 Å². The molecule has 0 aliphatic carbocycles. The topological polar surface area (TPSA) is 29.5 Å². The molecule has 2 nitrogen and oxygen atoms in total. The third kappa shape index (κ3) is 2.64. The van der Waals surface area contributed by atoms with Gasteiger partial charge in [-0.05, 0) is 26.2 Å². The van der Waals surface area contributed by atoms with Crippen LogP contribution in [0.3, 0.4) is 0 Å². The molecule has 0 saturated carbocycles. The van der Waals surface area contributed by atoms with Crippen molar-refractivity contribution in [1.82, 2.24) is 0 Å². The molecule has 0 bridgehead atoms. The molecular formula is C9H16O2. The van der Waals surface area contributed by atoms with E-state index in [0.29, 0.717) is 13.2 Å². The summed E-state index contributed by atoms with van der Waals surface area (Å²) in [7, 11) is 0. The fraction of sp³-hybridized carbons (Fsp3) is 0.778. The number of hydrogen-bond donors (Lipinski definition) is 1. The molecule has 0 aromatic rings. The van der Waals surface area contributed by atoms with E-state index in [0.717, 1.165) is 24.8 Å². The fourth-order valence-electron chi connectivity index (χ4n) is 1.49. The monoisotopic (exact) mass is 156 g/mol. The Kier molecular flexibility index (Phi) is 2.68. The first-order valence-electron chi connectivity index (χ1n) is 4.07. The van der Waals surface area contributed by atoms with Gasteiger partial charge in [-0.25, -0.2) is 0 Å². The van der Waals surface area contributed by atoms with Crippen LogP contribution in [0.1, 0.15) is 26.2 Å². The molecule has 1 rings (SSSR count). The first-order valence-corrected chi connectivity index (χ1v) is 4.07. The van der Waals surface area contributed by atoms with Crippen molar-refractivity contribution in [2.75, 3.05) is 13.2 Å². The smallest absolute Gasteiger partial charge is 0.0728 e. The Bertz CT molecular complexity index is 146. The summed E-state index contributed by atoms with van der Waals surface area (Å²) in [6, 6.07) is 0. The van der Waals surface area contributed by atoms with Gasteiger partial charge >= 0.3 is 0 Å². The molecule has 64 valence electrons. The van der Waals surface area contributed by atoms with Crippen LogP contribution >= 0.6 is 0 Å². The van der Waals surface area contributed by atoms with Crippen molar-refractivity contribution in [2.24, 2.45) is 0 Å². The van der Waals surface area contributed by atoms with Crippen LogP contribution in [0.2, 0.25) is 0 Å². The van der Waals surface area contributed by atoms with Gasteiger partial charge in [-0.1, -0.05) is 5.57 Å². The molecule has 0 unspecified atom stereocenters. The van der Waals surface area contributed by atoms with Gasteiger partial charge in [0, 0.05) is 13.2 Å². The second kappa shape index (κ2) is 3.37. The summed E-state index contributed by atoms with van der Waals surface area (Å²) in [4.78, 5) is 0. The van der Waals surface area contributed by atoms with Crippen LogP contribution in [0.15, 0.2) is 12.2 Å². The highest BCUT2D eigenvalue weighted by Gasteiger charge is 2.29. The van der Waals surface area contributed by atoms with Crippen LogP contribution in [0, 0.1) is 0 Å². The lowest BCUT2D eigenvalue weighted by Gasteiger charge is -2.32. The van der Waals surface area contributed by atoms with Crippen molar-refractivity contribution in [3.63, 3.8) is 0 Å². The van der Waals surface area contributed by atoms with E-state index in [1.165, 1.54) is 0 Å². The number of hydrogen-bond acceptors (Lipinski definition) is 2. The van der Waals surface area contributed by atoms with Gasteiger partial charge in [0.2, 0.25) is 0 Å². The third-order valence-electron chi connectivity index (χ3n) is 2.05. The molecule has 0 spiro atoms. The van der Waals surface area contributed by atoms with Gasteiger partial charge in [-0.2, -0.15) is 0 Å². The normalized spacial score (nSPS) is 23.1. The van der Waals surface area contributed by atoms with Crippen LogP contribution in [0.25, 0.3) is 0 Å². The predicted octanol–water partition coefficient (Wildman–Crippen LogP) is 1.49. The fourth-order valence-corrected chi connectivity index (χ4v) is 1.49. The predicted molar refractivity (Wildman–Crippen MR) is 44.4 cm³/mol. The maximum Gasteiger partial charge on any atom is 0.0728 e. The average molecular weight is 156 g/mol. The molecule has 0 radical (unpaired) electrons. The number of aliphatic hydroxyl groups is 1. The Labute approximate surface area is 67.9 Å². The average Bonchev–Trinajstić information content (AvgIpc) is 1.85. The molecule has 0 atom stereocenters. The van der Waals surface area contributed by atoms with Crippen LogP contribution in [0.4, 0.5) is 0 Å². The lowest BCUT2D eigenvalue weighted by atomic mass is 9.88. The maximum atomic E-state index is 9.90. The summed E-state index contributed by atoms with van der Waals surface area (Å²) in [5.74, 6) is 0. The van der Waals surface area contributed by atoms with E-state index >= 15 is 0 Å². The Balaban J connectivity index is 2.43. The Morgan fingerprint density at radius 3 is 2.55 bits per heavy atom. The van der Waals surface area contributed by atoms with Gasteiger partial charge in [0.1, 0.15) is 0 Å². The van der Waals surface area contributed by atoms with Gasteiger partial charge in [-0.15, -0.1) is 6.58 Å². The minimum Gasteiger partial charge on any atom is -0.389 e. The number of ether oxygens (including phenoxy) is 1. The SMILES string of the molecule is C=C(C)CC1(O)CCOCC1. The summed E-state index contributed by atoms with van der Waals surface area (Å²) < 4.78 is 5.16. The van der Waals surface area contributed by atoms with Crippen LogP contribution in [0.5, 0.6) is 0 Å². The van der Waals surface area contributed by atoms with Crippen LogP contribution in [-0.4, -0.2) is 23.9 Å². The second-order valence-electron chi connectivity index (χ2n) is 3.47. The Morgan fingerprint density at radius 2 is 2.09 bits per heavy atom. The lowest BCUT2D eigenvalue weighted by molar-refractivity contribution is -0.0624. The van der Waals surface area contributed by atoms with Crippen molar-refractivity contribution in [1.29, 1.82) is 0 Å². The quantitative estimate of drug-likeness (QED) is 0.614. The molecule has 0 amide bonds. The van der Waals surface area contributed by atoms with Crippen molar-refractivity contribution in [2.45, 2.75) is 31.8 Å². The summed E-state index contributed by atoms with van der Waals surface area (Å²) >= 11 is 0. The lowest BCUT2D eigenvalue weighted by Crippen LogP contribution is -2.36. The molecule has 1 saturated heterocycles. The summed E-state index contributed by atoms with van der Waals surface area (Å²) in [6.07, 6.45) is 2.22. The summed E-state index contributed by atoms with van der Waals surface area (Å²) in [6.45, 7) is 7.11. The molecule has 0 aromatic carbocycles. The molecule has 11 heavy (non-hydrogen) atoms. The zero-order chi connectivity index (χ0) is 8.32. The van der Waals surface area contributed by atoms with Gasteiger partial charge in [0.15, 0.2) is 0 Å². The molecule has 0 aromatic heterocycles. The van der Waals surface area contributed by atoms with Crippen molar-refractivity contribution in [3.05, 3.63) is 12.2 Å². The Hall–Kier alpha value is -0.340. The number of rotatable bonds is 2. The molecule has 1 fully saturated rings. The molecule has 1 heterocycles. The van der Waals surface area contributed by atoms with E-state index in [1.54, 1.807) is 0 Å². The first-order chi connectivity index (χ1) is 5.12. The zero-order valence-corrected chi connectivity index (χ0v) is 7.10. The third-order valence-corrected chi connectivity index (χ3v) is 2.05. The molecule has 1 aliphatic heterocycles. The van der Waals surface area contributed by atoms with Crippen LogP contribution < -0.4 is 0 Å². The highest BCUT2D eigenvalue weighted by molar-refractivity contribution is 4.98. The van der Waals surface area contributed by atoms with Gasteiger partial charge < -0.3 is 9.84 Å². The Morgan fingerprint density at radius 1 is 1.55 bits per heavy atom. The first kappa shape index (κ1) is 8.75. The maximum absolute atomic E-state index is 9.90. The molecule has 2 heteroatoms. The van der Waals surface area contributed by atoms with Gasteiger partial charge in [0.05, 0.1) is 5.60 Å². The van der Waals surface area contributed by atoms with Crippen molar-refractivity contribution in [3.8, 4) is 0 Å². The highest BCUT2D eigenvalue weighted by atomic mass is 16.5. The minimum atomic E-state index is -0.524. The van der Waals surface area contributed by atoms with Crippen LogP contribution in [-0.2, 0) is 4.74 Å².